The fourth-order valence-electron chi connectivity index (χ4n) is 3.60. The Hall–Kier alpha value is -3.21. The van der Waals surface area contributed by atoms with Crippen LogP contribution in [-0.2, 0) is 14.6 Å². The Kier molecular flexibility index (Phi) is 6.74. The number of morpholine rings is 1. The van der Waals surface area contributed by atoms with Crippen LogP contribution in [0.15, 0.2) is 64.6 Å². The zero-order chi connectivity index (χ0) is 24.3. The van der Waals surface area contributed by atoms with Gasteiger partial charge in [0.15, 0.2) is 0 Å². The fourth-order valence-corrected chi connectivity index (χ4v) is 4.93. The van der Waals surface area contributed by atoms with Crippen LogP contribution in [0, 0.1) is 0 Å². The molecule has 0 unspecified atom stereocenters. The molecular formula is C24H29N5O4S. The molecule has 1 aromatic heterocycles. The molecule has 0 atom stereocenters. The quantitative estimate of drug-likeness (QED) is 0.464. The molecule has 1 aliphatic heterocycles. The van der Waals surface area contributed by atoms with Crippen molar-refractivity contribution in [2.24, 2.45) is 0 Å². The first kappa shape index (κ1) is 23.9. The largest absolute Gasteiger partial charge is 0.389 e. The summed E-state index contributed by atoms with van der Waals surface area (Å²) in [6.45, 7) is 6.24. The number of rotatable bonds is 7. The Morgan fingerprint density at radius 1 is 1.03 bits per heavy atom. The summed E-state index contributed by atoms with van der Waals surface area (Å²) in [5.41, 5.74) is 7.62. The Morgan fingerprint density at radius 2 is 1.68 bits per heavy atom. The molecule has 3 aromatic rings. The molecule has 1 saturated heterocycles. The Labute approximate surface area is 199 Å². The summed E-state index contributed by atoms with van der Waals surface area (Å²) in [7, 11) is -3.80. The summed E-state index contributed by atoms with van der Waals surface area (Å²) >= 11 is 0. The van der Waals surface area contributed by atoms with E-state index in [9.17, 15) is 13.5 Å². The van der Waals surface area contributed by atoms with Gasteiger partial charge in [0.25, 0.3) is 0 Å². The molecule has 0 aliphatic carbocycles. The summed E-state index contributed by atoms with van der Waals surface area (Å²) in [4.78, 5) is 10.6. The SMILES string of the molecule is CC(C)(O)CNc1ccc(S(=O)(=O)c2cc(-c3cnc(N)nc3)cc(N3CCOCC3)c2)cc1. The van der Waals surface area contributed by atoms with Gasteiger partial charge < -0.3 is 25.8 Å². The number of sulfone groups is 1. The van der Waals surface area contributed by atoms with Gasteiger partial charge in [-0.25, -0.2) is 18.4 Å². The lowest BCUT2D eigenvalue weighted by Gasteiger charge is -2.29. The van der Waals surface area contributed by atoms with E-state index in [2.05, 4.69) is 20.2 Å². The predicted octanol–water partition coefficient (Wildman–Crippen LogP) is 2.58. The van der Waals surface area contributed by atoms with Crippen molar-refractivity contribution < 1.29 is 18.3 Å². The number of aromatic nitrogens is 2. The van der Waals surface area contributed by atoms with Crippen LogP contribution in [0.25, 0.3) is 11.1 Å². The molecule has 34 heavy (non-hydrogen) atoms. The van der Waals surface area contributed by atoms with Crippen molar-refractivity contribution in [3.05, 3.63) is 54.9 Å². The van der Waals surface area contributed by atoms with Gasteiger partial charge >= 0.3 is 0 Å². The maximum atomic E-state index is 13.6. The Balaban J connectivity index is 1.71. The first-order valence-corrected chi connectivity index (χ1v) is 12.5. The average molecular weight is 484 g/mol. The number of nitrogens with zero attached hydrogens (tertiary/aromatic N) is 3. The van der Waals surface area contributed by atoms with Gasteiger partial charge in [-0.2, -0.15) is 0 Å². The molecule has 9 nitrogen and oxygen atoms in total. The molecule has 2 heterocycles. The van der Waals surface area contributed by atoms with E-state index in [0.717, 1.165) is 11.4 Å². The number of aliphatic hydroxyl groups is 1. The summed E-state index contributed by atoms with van der Waals surface area (Å²) in [6.07, 6.45) is 3.17. The molecule has 2 aromatic carbocycles. The number of nitrogen functional groups attached to an aromatic ring is 1. The number of nitrogens with one attached hydrogen (secondary N) is 1. The molecule has 4 N–H and O–H groups in total. The van der Waals surface area contributed by atoms with Crippen LogP contribution in [0.4, 0.5) is 17.3 Å². The normalized spacial score (nSPS) is 14.7. The van der Waals surface area contributed by atoms with E-state index in [0.29, 0.717) is 44.0 Å². The van der Waals surface area contributed by atoms with Gasteiger partial charge in [-0.15, -0.1) is 0 Å². The lowest BCUT2D eigenvalue weighted by atomic mass is 10.1. The molecule has 0 spiro atoms. The van der Waals surface area contributed by atoms with Crippen molar-refractivity contribution in [3.8, 4) is 11.1 Å². The molecule has 0 bridgehead atoms. The molecule has 4 rings (SSSR count). The summed E-state index contributed by atoms with van der Waals surface area (Å²) in [5, 5.41) is 13.0. The van der Waals surface area contributed by atoms with Crippen LogP contribution in [0.1, 0.15) is 13.8 Å². The van der Waals surface area contributed by atoms with Crippen LogP contribution < -0.4 is 16.0 Å². The minimum absolute atomic E-state index is 0.152. The molecular weight excluding hydrogens is 454 g/mol. The number of hydrogen-bond acceptors (Lipinski definition) is 9. The number of hydrogen-bond donors (Lipinski definition) is 3. The standard InChI is InChI=1S/C24H29N5O4S/c1-24(2,30)16-28-19-3-5-21(6-4-19)34(31,32)22-12-17(18-14-26-23(25)27-15-18)11-20(13-22)29-7-9-33-10-8-29/h3-6,11-15,28,30H,7-10,16H2,1-2H3,(H2,25,26,27). The average Bonchev–Trinajstić information content (AvgIpc) is 2.83. The van der Waals surface area contributed by atoms with E-state index in [1.807, 2.05) is 6.07 Å². The summed E-state index contributed by atoms with van der Waals surface area (Å²) in [6, 6.07) is 11.8. The monoisotopic (exact) mass is 483 g/mol. The molecule has 0 saturated carbocycles. The lowest BCUT2D eigenvalue weighted by molar-refractivity contribution is 0.0945. The van der Waals surface area contributed by atoms with E-state index in [4.69, 9.17) is 10.5 Å². The zero-order valence-electron chi connectivity index (χ0n) is 19.2. The predicted molar refractivity (Wildman–Crippen MR) is 132 cm³/mol. The number of ether oxygens (including phenoxy) is 1. The fraction of sp³-hybridized carbons (Fsp3) is 0.333. The van der Waals surface area contributed by atoms with Gasteiger partial charge in [-0.05, 0) is 61.9 Å². The van der Waals surface area contributed by atoms with Crippen molar-refractivity contribution in [2.75, 3.05) is 48.8 Å². The highest BCUT2D eigenvalue weighted by molar-refractivity contribution is 7.91. The van der Waals surface area contributed by atoms with E-state index in [1.54, 1.807) is 62.6 Å². The van der Waals surface area contributed by atoms with Crippen LogP contribution in [-0.4, -0.2) is 61.9 Å². The zero-order valence-corrected chi connectivity index (χ0v) is 20.0. The second-order valence-corrected chi connectivity index (χ2v) is 10.8. The smallest absolute Gasteiger partial charge is 0.219 e. The minimum Gasteiger partial charge on any atom is -0.389 e. The Morgan fingerprint density at radius 3 is 2.29 bits per heavy atom. The van der Waals surface area contributed by atoms with Crippen molar-refractivity contribution in [1.82, 2.24) is 9.97 Å². The molecule has 0 radical (unpaired) electrons. The highest BCUT2D eigenvalue weighted by Gasteiger charge is 2.22. The van der Waals surface area contributed by atoms with E-state index in [1.165, 1.54) is 0 Å². The van der Waals surface area contributed by atoms with Crippen molar-refractivity contribution in [3.63, 3.8) is 0 Å². The summed E-state index contributed by atoms with van der Waals surface area (Å²) in [5.74, 6) is 0.152. The van der Waals surface area contributed by atoms with Gasteiger partial charge in [0, 0.05) is 49.0 Å². The van der Waals surface area contributed by atoms with Crippen LogP contribution >= 0.6 is 0 Å². The topological polar surface area (TPSA) is 131 Å². The molecule has 1 aliphatic rings. The van der Waals surface area contributed by atoms with Gasteiger partial charge in [-0.3, -0.25) is 0 Å². The number of nitrogens with two attached hydrogens (primary N) is 1. The second kappa shape index (κ2) is 9.57. The molecule has 10 heteroatoms. The lowest BCUT2D eigenvalue weighted by Crippen LogP contribution is -2.36. The molecule has 180 valence electrons. The maximum absolute atomic E-state index is 13.6. The van der Waals surface area contributed by atoms with Crippen LogP contribution in [0.2, 0.25) is 0 Å². The van der Waals surface area contributed by atoms with Crippen molar-refractivity contribution in [2.45, 2.75) is 29.2 Å². The van der Waals surface area contributed by atoms with Crippen LogP contribution in [0.5, 0.6) is 0 Å². The minimum atomic E-state index is -3.80. The number of benzene rings is 2. The maximum Gasteiger partial charge on any atom is 0.219 e. The first-order valence-electron chi connectivity index (χ1n) is 11.0. The van der Waals surface area contributed by atoms with Gasteiger partial charge in [-0.1, -0.05) is 0 Å². The van der Waals surface area contributed by atoms with Gasteiger partial charge in [0.1, 0.15) is 0 Å². The summed E-state index contributed by atoms with van der Waals surface area (Å²) < 4.78 is 32.6. The molecule has 1 fully saturated rings. The van der Waals surface area contributed by atoms with Crippen molar-refractivity contribution >= 4 is 27.2 Å². The first-order chi connectivity index (χ1) is 16.1. The second-order valence-electron chi connectivity index (χ2n) is 8.84. The number of anilines is 3. The van der Waals surface area contributed by atoms with E-state index >= 15 is 0 Å². The highest BCUT2D eigenvalue weighted by Crippen LogP contribution is 2.32. The van der Waals surface area contributed by atoms with E-state index < -0.39 is 15.4 Å². The third-order valence-corrected chi connectivity index (χ3v) is 7.22. The van der Waals surface area contributed by atoms with Crippen LogP contribution in [0.3, 0.4) is 0 Å². The highest BCUT2D eigenvalue weighted by atomic mass is 32.2. The Bertz CT molecular complexity index is 1230. The third-order valence-electron chi connectivity index (χ3n) is 5.47. The van der Waals surface area contributed by atoms with E-state index in [-0.39, 0.29) is 15.7 Å². The molecule has 0 amide bonds. The van der Waals surface area contributed by atoms with Gasteiger partial charge in [0.2, 0.25) is 15.8 Å². The van der Waals surface area contributed by atoms with Gasteiger partial charge in [0.05, 0.1) is 28.6 Å². The van der Waals surface area contributed by atoms with Crippen molar-refractivity contribution in [1.29, 1.82) is 0 Å². The third kappa shape index (κ3) is 5.64.